The fraction of sp³-hybridized carbons (Fsp3) is 0. The van der Waals surface area contributed by atoms with E-state index in [0.717, 1.165) is 22.1 Å². The molecule has 0 saturated heterocycles. The van der Waals surface area contributed by atoms with E-state index in [4.69, 9.17) is 15.0 Å². The quantitative estimate of drug-likeness (QED) is 0.136. The Labute approximate surface area is 288 Å². The predicted molar refractivity (Wildman–Crippen MR) is 206 cm³/mol. The van der Waals surface area contributed by atoms with E-state index < -0.39 is 0 Å². The first-order chi connectivity index (χ1) is 24.3. The molecule has 0 aliphatic heterocycles. The van der Waals surface area contributed by atoms with E-state index in [1.807, 2.05) is 18.2 Å². The van der Waals surface area contributed by atoms with Gasteiger partial charge < -0.3 is 0 Å². The van der Waals surface area contributed by atoms with Gasteiger partial charge in [0.05, 0.1) is 0 Å². The van der Waals surface area contributed by atoms with Crippen molar-refractivity contribution in [3.05, 3.63) is 164 Å². The van der Waals surface area contributed by atoms with Gasteiger partial charge in [0.15, 0.2) is 0 Å². The third-order valence-electron chi connectivity index (χ3n) is 9.46. The van der Waals surface area contributed by atoms with Crippen LogP contribution in [0, 0.1) is 0 Å². The monoisotopic (exact) mass is 689 g/mol. The van der Waals surface area contributed by atoms with Crippen LogP contribution in [0.1, 0.15) is 0 Å². The van der Waals surface area contributed by atoms with Crippen molar-refractivity contribution in [3.63, 3.8) is 0 Å². The van der Waals surface area contributed by atoms with Crippen LogP contribution in [-0.2, 0) is 0 Å². The fourth-order valence-electron chi connectivity index (χ4n) is 7.06. The molecule has 8 aromatic carbocycles. The molecule has 0 radical (unpaired) electrons. The minimum absolute atomic E-state index is 0.114. The van der Waals surface area contributed by atoms with E-state index in [2.05, 4.69) is 146 Å². The van der Waals surface area contributed by atoms with Crippen LogP contribution in [0.15, 0.2) is 164 Å². The number of hydrogen-bond acceptors (Lipinski definition) is 3. The fourth-order valence-corrected chi connectivity index (χ4v) is 9.97. The van der Waals surface area contributed by atoms with E-state index in [9.17, 15) is 0 Å². The molecule has 2 heterocycles. The summed E-state index contributed by atoms with van der Waals surface area (Å²) >= 11 is 0.114. The van der Waals surface area contributed by atoms with Crippen molar-refractivity contribution in [2.24, 2.45) is 0 Å². The summed E-state index contributed by atoms with van der Waals surface area (Å²) in [5.74, 6) is 2.00. The van der Waals surface area contributed by atoms with E-state index in [1.165, 1.54) is 57.4 Å². The van der Waals surface area contributed by atoms with Crippen molar-refractivity contribution in [1.82, 2.24) is 15.0 Å². The second-order valence-corrected chi connectivity index (χ2v) is 14.6. The van der Waals surface area contributed by atoms with Crippen molar-refractivity contribution in [2.75, 3.05) is 0 Å². The van der Waals surface area contributed by atoms with Gasteiger partial charge in [-0.2, -0.15) is 0 Å². The van der Waals surface area contributed by atoms with E-state index in [0.29, 0.717) is 17.5 Å². The molecule has 0 unspecified atom stereocenters. The molecule has 0 aliphatic rings. The molecule has 10 rings (SSSR count). The van der Waals surface area contributed by atoms with Crippen LogP contribution in [0.25, 0.3) is 96.9 Å². The van der Waals surface area contributed by atoms with Crippen LogP contribution >= 0.6 is 0 Å². The van der Waals surface area contributed by atoms with Gasteiger partial charge in [0, 0.05) is 0 Å². The molecule has 0 N–H and O–H groups in total. The normalized spacial score (nSPS) is 11.7. The summed E-state index contributed by atoms with van der Waals surface area (Å²) in [5.41, 5.74) is 5.37. The number of aromatic nitrogens is 3. The summed E-state index contributed by atoms with van der Waals surface area (Å²) in [7, 11) is 0. The van der Waals surface area contributed by atoms with Crippen molar-refractivity contribution < 1.29 is 0 Å². The zero-order valence-electron chi connectivity index (χ0n) is 26.3. The van der Waals surface area contributed by atoms with Crippen LogP contribution in [0.3, 0.4) is 0 Å². The Balaban J connectivity index is 1.27. The van der Waals surface area contributed by atoms with E-state index in [1.54, 1.807) is 0 Å². The van der Waals surface area contributed by atoms with Gasteiger partial charge in [-0.25, -0.2) is 0 Å². The van der Waals surface area contributed by atoms with Crippen molar-refractivity contribution in [2.45, 2.75) is 0 Å². The predicted octanol–water partition coefficient (Wildman–Crippen LogP) is 11.4. The first-order valence-corrected chi connectivity index (χ1v) is 18.2. The number of fused-ring (bicyclic) bond motifs is 8. The van der Waals surface area contributed by atoms with Crippen LogP contribution < -0.4 is 0 Å². The molecule has 3 nitrogen and oxygen atoms in total. The van der Waals surface area contributed by atoms with Gasteiger partial charge in [0.2, 0.25) is 0 Å². The minimum atomic E-state index is 0.114. The van der Waals surface area contributed by atoms with Gasteiger partial charge in [-0.1, -0.05) is 6.07 Å². The zero-order chi connectivity index (χ0) is 32.3. The Bertz CT molecular complexity index is 2880. The second kappa shape index (κ2) is 11.3. The van der Waals surface area contributed by atoms with Crippen molar-refractivity contribution in [3.8, 4) is 45.3 Å². The average molecular weight is 689 g/mol. The van der Waals surface area contributed by atoms with Gasteiger partial charge in [-0.15, -0.1) is 0 Å². The van der Waals surface area contributed by atoms with E-state index >= 15 is 0 Å². The molecule has 0 spiro atoms. The molecular weight excluding hydrogens is 661 g/mol. The molecule has 4 heteroatoms. The first-order valence-electron chi connectivity index (χ1n) is 16.4. The van der Waals surface area contributed by atoms with Gasteiger partial charge in [0.25, 0.3) is 0 Å². The summed E-state index contributed by atoms with van der Waals surface area (Å²) < 4.78 is 2.86. The molecule has 0 amide bonds. The maximum atomic E-state index is 5.20. The van der Waals surface area contributed by atoms with Crippen LogP contribution in [0.4, 0.5) is 0 Å². The molecule has 0 atom stereocenters. The topological polar surface area (TPSA) is 38.7 Å². The summed E-state index contributed by atoms with van der Waals surface area (Å²) in [6, 6.07) is 58.3. The molecule has 228 valence electrons. The van der Waals surface area contributed by atoms with Crippen LogP contribution in [-0.4, -0.2) is 29.5 Å². The van der Waals surface area contributed by atoms with Gasteiger partial charge in [-0.3, -0.25) is 0 Å². The number of nitrogens with zero attached hydrogens (tertiary/aromatic N) is 3. The first kappa shape index (κ1) is 28.1. The molecule has 49 heavy (non-hydrogen) atoms. The summed E-state index contributed by atoms with van der Waals surface area (Å²) in [6.45, 7) is 0. The summed E-state index contributed by atoms with van der Waals surface area (Å²) in [6.07, 6.45) is 0. The SMILES string of the molecule is c1ccc(-c2nc(-c3ccc4ccccc4c3)nc(-c3cc(-c4ccccc4)c4[se]c5c(ccc6ccc7ccccc7c65)c4c3)n2)cc1. The Morgan fingerprint density at radius 1 is 0.327 bits per heavy atom. The molecule has 10 aromatic rings. The molecule has 0 aliphatic carbocycles. The van der Waals surface area contributed by atoms with Crippen molar-refractivity contribution >= 4 is 66.1 Å². The molecule has 2 aromatic heterocycles. The van der Waals surface area contributed by atoms with E-state index in [-0.39, 0.29) is 14.5 Å². The van der Waals surface area contributed by atoms with Crippen LogP contribution in [0.5, 0.6) is 0 Å². The Kier molecular flexibility index (Phi) is 6.51. The number of rotatable bonds is 4. The number of hydrogen-bond donors (Lipinski definition) is 0. The van der Waals surface area contributed by atoms with Crippen molar-refractivity contribution in [1.29, 1.82) is 0 Å². The Morgan fingerprint density at radius 3 is 1.71 bits per heavy atom. The third kappa shape index (κ3) is 4.76. The maximum absolute atomic E-state index is 5.20. The molecule has 0 saturated carbocycles. The van der Waals surface area contributed by atoms with Gasteiger partial charge >= 0.3 is 284 Å². The summed E-state index contributed by atoms with van der Waals surface area (Å²) in [5, 5.41) is 10.2. The number of benzene rings is 8. The van der Waals surface area contributed by atoms with Crippen LogP contribution in [0.2, 0.25) is 0 Å². The molecule has 0 fully saturated rings. The van der Waals surface area contributed by atoms with Gasteiger partial charge in [-0.05, 0) is 0 Å². The molecular formula is C45H27N3Se. The zero-order valence-corrected chi connectivity index (χ0v) is 28.1. The second-order valence-electron chi connectivity index (χ2n) is 12.4. The molecule has 0 bridgehead atoms. The average Bonchev–Trinajstić information content (AvgIpc) is 3.56. The Morgan fingerprint density at radius 2 is 0.918 bits per heavy atom. The standard InChI is InChI=1S/C45H27N3Se/c1-3-12-29(13-4-1)38-26-35(27-39-37-24-23-31-21-20-30-14-9-10-18-36(30)40(31)42(37)49-41(38)39)45-47-43(32-15-5-2-6-16-32)46-44(48-45)34-22-19-28-11-7-8-17-33(28)25-34/h1-27H. The van der Waals surface area contributed by atoms with Gasteiger partial charge in [0.1, 0.15) is 0 Å². The third-order valence-corrected chi connectivity index (χ3v) is 12.1. The Hall–Kier alpha value is -5.93. The summed E-state index contributed by atoms with van der Waals surface area (Å²) in [4.78, 5) is 15.4.